The first-order chi connectivity index (χ1) is 17.2. The van der Waals surface area contributed by atoms with Crippen molar-refractivity contribution < 1.29 is 9.90 Å². The van der Waals surface area contributed by atoms with Gasteiger partial charge in [-0.3, -0.25) is 4.79 Å². The molecule has 4 N–H and O–H groups in total. The van der Waals surface area contributed by atoms with E-state index in [2.05, 4.69) is 28.6 Å². The van der Waals surface area contributed by atoms with Gasteiger partial charge in [-0.15, -0.1) is 0 Å². The van der Waals surface area contributed by atoms with Crippen LogP contribution in [-0.4, -0.2) is 35.7 Å². The summed E-state index contributed by atoms with van der Waals surface area (Å²) in [5.41, 5.74) is 3.31. The summed E-state index contributed by atoms with van der Waals surface area (Å²) in [7, 11) is 0. The Hall–Kier alpha value is -2.01. The van der Waals surface area contributed by atoms with E-state index in [1.807, 2.05) is 18.3 Å². The van der Waals surface area contributed by atoms with E-state index in [0.29, 0.717) is 19.5 Å². The van der Waals surface area contributed by atoms with Crippen molar-refractivity contribution in [3.63, 3.8) is 0 Å². The van der Waals surface area contributed by atoms with Gasteiger partial charge in [0.2, 0.25) is 5.91 Å². The predicted octanol–water partition coefficient (Wildman–Crippen LogP) is 7.49. The van der Waals surface area contributed by atoms with Crippen molar-refractivity contribution in [3.05, 3.63) is 30.0 Å². The molecule has 0 fully saturated rings. The monoisotopic (exact) mass is 485 g/mol. The molecule has 2 rings (SSSR count). The molecule has 0 aliphatic heterocycles. The van der Waals surface area contributed by atoms with E-state index in [9.17, 15) is 4.79 Å². The Morgan fingerprint density at radius 2 is 1.43 bits per heavy atom. The minimum atomic E-state index is 0.115. The standard InChI is InChI=1S/C30H51N3O2/c1-2-3-4-5-6-7-8-9-10-11-12-13-14-15-16-17-30(35)32-21-20-26-25-33-29-19-18-27(24-28(26)29)31-22-23-34/h18-19,24-25,31,33-34H,2-17,20-23H2,1H3,(H,32,35). The van der Waals surface area contributed by atoms with Gasteiger partial charge in [0.25, 0.3) is 0 Å². The molecule has 198 valence electrons. The van der Waals surface area contributed by atoms with Crippen LogP contribution in [0.25, 0.3) is 10.9 Å². The highest BCUT2D eigenvalue weighted by Gasteiger charge is 2.06. The second-order valence-corrected chi connectivity index (χ2v) is 10.0. The fourth-order valence-electron chi connectivity index (χ4n) is 4.78. The average Bonchev–Trinajstić information content (AvgIpc) is 3.27. The Bertz CT molecular complexity index is 802. The number of aliphatic hydroxyl groups excluding tert-OH is 1. The van der Waals surface area contributed by atoms with E-state index < -0.39 is 0 Å². The summed E-state index contributed by atoms with van der Waals surface area (Å²) in [5.74, 6) is 0.171. The lowest BCUT2D eigenvalue weighted by Gasteiger charge is -2.07. The van der Waals surface area contributed by atoms with Gasteiger partial charge >= 0.3 is 0 Å². The van der Waals surface area contributed by atoms with Crippen LogP contribution in [0.2, 0.25) is 0 Å². The predicted molar refractivity (Wildman–Crippen MR) is 150 cm³/mol. The maximum absolute atomic E-state index is 12.2. The Balaban J connectivity index is 1.43. The molecule has 0 spiro atoms. The van der Waals surface area contributed by atoms with Gasteiger partial charge in [-0.2, -0.15) is 0 Å². The van der Waals surface area contributed by atoms with Gasteiger partial charge in [0.15, 0.2) is 0 Å². The molecule has 0 saturated heterocycles. The maximum atomic E-state index is 12.2. The molecule has 35 heavy (non-hydrogen) atoms. The molecule has 0 aliphatic rings. The third kappa shape index (κ3) is 13.0. The SMILES string of the molecule is CCCCCCCCCCCCCCCCCC(=O)NCCc1c[nH]c2ccc(NCCO)cc12. The number of H-pyrrole nitrogens is 1. The fraction of sp³-hybridized carbons (Fsp3) is 0.700. The minimum absolute atomic E-state index is 0.115. The number of anilines is 1. The number of hydrogen-bond acceptors (Lipinski definition) is 3. The quantitative estimate of drug-likeness (QED) is 0.130. The van der Waals surface area contributed by atoms with E-state index in [-0.39, 0.29) is 12.5 Å². The zero-order valence-corrected chi connectivity index (χ0v) is 22.3. The molecule has 0 bridgehead atoms. The van der Waals surface area contributed by atoms with Crippen LogP contribution in [0, 0.1) is 0 Å². The lowest BCUT2D eigenvalue weighted by Crippen LogP contribution is -2.25. The molecule has 5 heteroatoms. The molecule has 5 nitrogen and oxygen atoms in total. The van der Waals surface area contributed by atoms with Crippen LogP contribution in [0.4, 0.5) is 5.69 Å². The molecular weight excluding hydrogens is 434 g/mol. The summed E-state index contributed by atoms with van der Waals surface area (Å²) in [6, 6.07) is 6.17. The highest BCUT2D eigenvalue weighted by atomic mass is 16.3. The first kappa shape index (κ1) is 29.2. The number of amides is 1. The number of fused-ring (bicyclic) bond motifs is 1. The number of nitrogens with one attached hydrogen (secondary N) is 3. The van der Waals surface area contributed by atoms with Crippen LogP contribution in [0.1, 0.15) is 115 Å². The van der Waals surface area contributed by atoms with Crippen molar-refractivity contribution in [3.8, 4) is 0 Å². The van der Waals surface area contributed by atoms with Crippen LogP contribution in [0.15, 0.2) is 24.4 Å². The summed E-state index contributed by atoms with van der Waals surface area (Å²) < 4.78 is 0. The van der Waals surface area contributed by atoms with Crippen LogP contribution < -0.4 is 10.6 Å². The second-order valence-electron chi connectivity index (χ2n) is 10.0. The lowest BCUT2D eigenvalue weighted by atomic mass is 10.0. The van der Waals surface area contributed by atoms with E-state index in [1.54, 1.807) is 0 Å². The summed E-state index contributed by atoms with van der Waals surface area (Å²) in [4.78, 5) is 15.5. The van der Waals surface area contributed by atoms with E-state index in [0.717, 1.165) is 30.5 Å². The van der Waals surface area contributed by atoms with E-state index in [1.165, 1.54) is 94.4 Å². The third-order valence-electron chi connectivity index (χ3n) is 6.93. The number of aliphatic hydroxyl groups is 1. The highest BCUT2D eigenvalue weighted by molar-refractivity contribution is 5.86. The fourth-order valence-corrected chi connectivity index (χ4v) is 4.78. The zero-order valence-electron chi connectivity index (χ0n) is 22.3. The van der Waals surface area contributed by atoms with Crippen LogP contribution in [0.5, 0.6) is 0 Å². The number of aromatic nitrogens is 1. The van der Waals surface area contributed by atoms with Crippen molar-refractivity contribution in [1.29, 1.82) is 0 Å². The first-order valence-electron chi connectivity index (χ1n) is 14.5. The number of benzene rings is 1. The maximum Gasteiger partial charge on any atom is 0.220 e. The summed E-state index contributed by atoms with van der Waals surface area (Å²) >= 11 is 0. The van der Waals surface area contributed by atoms with Crippen molar-refractivity contribution in [2.75, 3.05) is 25.0 Å². The smallest absolute Gasteiger partial charge is 0.220 e. The van der Waals surface area contributed by atoms with Crippen LogP contribution in [-0.2, 0) is 11.2 Å². The van der Waals surface area contributed by atoms with E-state index in [4.69, 9.17) is 5.11 Å². The molecule has 0 atom stereocenters. The number of aromatic amines is 1. The van der Waals surface area contributed by atoms with Crippen molar-refractivity contribution >= 4 is 22.5 Å². The van der Waals surface area contributed by atoms with Gasteiger partial charge in [0.1, 0.15) is 0 Å². The van der Waals surface area contributed by atoms with Crippen LogP contribution >= 0.6 is 0 Å². The average molecular weight is 486 g/mol. The van der Waals surface area contributed by atoms with Gasteiger partial charge < -0.3 is 20.7 Å². The lowest BCUT2D eigenvalue weighted by molar-refractivity contribution is -0.121. The largest absolute Gasteiger partial charge is 0.395 e. The summed E-state index contributed by atoms with van der Waals surface area (Å²) in [5, 5.41) is 16.5. The van der Waals surface area contributed by atoms with Gasteiger partial charge in [-0.25, -0.2) is 0 Å². The molecule has 1 aromatic carbocycles. The molecule has 1 aromatic heterocycles. The Morgan fingerprint density at radius 3 is 2.03 bits per heavy atom. The van der Waals surface area contributed by atoms with Crippen molar-refractivity contribution in [2.24, 2.45) is 0 Å². The van der Waals surface area contributed by atoms with Crippen molar-refractivity contribution in [1.82, 2.24) is 10.3 Å². The normalized spacial score (nSPS) is 11.3. The van der Waals surface area contributed by atoms with E-state index >= 15 is 0 Å². The van der Waals surface area contributed by atoms with Crippen molar-refractivity contribution in [2.45, 2.75) is 116 Å². The summed E-state index contributed by atoms with van der Waals surface area (Å²) in [6.45, 7) is 3.60. The molecule has 1 heterocycles. The molecule has 0 aliphatic carbocycles. The Morgan fingerprint density at radius 1 is 0.829 bits per heavy atom. The number of rotatable bonds is 22. The number of unbranched alkanes of at least 4 members (excludes halogenated alkanes) is 14. The van der Waals surface area contributed by atoms with Gasteiger partial charge in [0.05, 0.1) is 6.61 Å². The second kappa shape index (κ2) is 19.2. The summed E-state index contributed by atoms with van der Waals surface area (Å²) in [6.07, 6.45) is 23.6. The van der Waals surface area contributed by atoms with Crippen LogP contribution in [0.3, 0.4) is 0 Å². The first-order valence-corrected chi connectivity index (χ1v) is 14.5. The highest BCUT2D eigenvalue weighted by Crippen LogP contribution is 2.22. The number of carbonyl (C=O) groups excluding carboxylic acids is 1. The number of carbonyl (C=O) groups is 1. The van der Waals surface area contributed by atoms with Gasteiger partial charge in [-0.05, 0) is 36.6 Å². The molecule has 2 aromatic rings. The molecule has 0 radical (unpaired) electrons. The minimum Gasteiger partial charge on any atom is -0.395 e. The Kier molecular flexibility index (Phi) is 16.0. The molecular formula is C30H51N3O2. The topological polar surface area (TPSA) is 77.2 Å². The van der Waals surface area contributed by atoms with Gasteiger partial charge in [0, 0.05) is 42.3 Å². The number of hydrogen-bond donors (Lipinski definition) is 4. The molecule has 0 unspecified atom stereocenters. The molecule has 0 saturated carbocycles. The molecule has 1 amide bonds. The zero-order chi connectivity index (χ0) is 25.0. The van der Waals surface area contributed by atoms with Gasteiger partial charge in [-0.1, -0.05) is 96.8 Å². The Labute approximate surface area is 213 Å². The third-order valence-corrected chi connectivity index (χ3v) is 6.93.